The molecule has 0 radical (unpaired) electrons. The van der Waals surface area contributed by atoms with Crippen LogP contribution in [-0.4, -0.2) is 56.4 Å². The lowest BCUT2D eigenvalue weighted by molar-refractivity contribution is -0.120. The standard InChI is InChI=1S/C20H26ClNO4/c1-24-18-5-4-15(10-17(18)21)19(23)22-12-20(13-22)16(7-9-26-20)6-8-25-11-14-2-3-14/h4-5,10,14,16H,2-3,6-9,11-13H2,1H3. The number of hydrogen-bond acceptors (Lipinski definition) is 4. The summed E-state index contributed by atoms with van der Waals surface area (Å²) in [6.07, 6.45) is 4.72. The maximum absolute atomic E-state index is 12.7. The van der Waals surface area contributed by atoms with E-state index in [1.807, 2.05) is 4.90 Å². The van der Waals surface area contributed by atoms with Gasteiger partial charge in [-0.15, -0.1) is 0 Å². The highest BCUT2D eigenvalue weighted by molar-refractivity contribution is 6.32. The van der Waals surface area contributed by atoms with Crippen molar-refractivity contribution in [2.45, 2.75) is 31.3 Å². The van der Waals surface area contributed by atoms with Gasteiger partial charge in [-0.1, -0.05) is 11.6 Å². The van der Waals surface area contributed by atoms with Crippen LogP contribution in [0.25, 0.3) is 0 Å². The second-order valence-corrected chi connectivity index (χ2v) is 8.12. The third kappa shape index (κ3) is 3.57. The lowest BCUT2D eigenvalue weighted by atomic mass is 9.79. The molecule has 4 rings (SSSR count). The van der Waals surface area contributed by atoms with Crippen molar-refractivity contribution in [2.24, 2.45) is 11.8 Å². The van der Waals surface area contributed by atoms with E-state index in [4.69, 9.17) is 25.8 Å². The summed E-state index contributed by atoms with van der Waals surface area (Å²) in [5.41, 5.74) is 0.419. The molecule has 3 aliphatic rings. The number of likely N-dealkylation sites (tertiary alicyclic amines) is 1. The molecule has 1 aromatic rings. The first-order valence-electron chi connectivity index (χ1n) is 9.46. The summed E-state index contributed by atoms with van der Waals surface area (Å²) in [5, 5.41) is 0.455. The molecule has 2 aliphatic heterocycles. The molecule has 1 aliphatic carbocycles. The lowest BCUT2D eigenvalue weighted by Crippen LogP contribution is -2.66. The van der Waals surface area contributed by atoms with Gasteiger partial charge in [0.1, 0.15) is 11.4 Å². The minimum absolute atomic E-state index is 0.000545. The topological polar surface area (TPSA) is 48.0 Å². The van der Waals surface area contributed by atoms with E-state index in [1.54, 1.807) is 25.3 Å². The van der Waals surface area contributed by atoms with Gasteiger partial charge in [-0.05, 0) is 55.7 Å². The molecular weight excluding hydrogens is 354 g/mol. The van der Waals surface area contributed by atoms with Crippen LogP contribution in [-0.2, 0) is 9.47 Å². The minimum Gasteiger partial charge on any atom is -0.495 e. The highest BCUT2D eigenvalue weighted by Crippen LogP contribution is 2.42. The highest BCUT2D eigenvalue weighted by Gasteiger charge is 2.54. The Bertz CT molecular complexity index is 670. The summed E-state index contributed by atoms with van der Waals surface area (Å²) in [6.45, 7) is 3.80. The second kappa shape index (κ2) is 7.37. The monoisotopic (exact) mass is 379 g/mol. The molecule has 0 aromatic heterocycles. The molecule has 26 heavy (non-hydrogen) atoms. The van der Waals surface area contributed by atoms with Crippen LogP contribution in [0.2, 0.25) is 5.02 Å². The van der Waals surface area contributed by atoms with Gasteiger partial charge in [0.2, 0.25) is 0 Å². The molecule has 1 aromatic carbocycles. The summed E-state index contributed by atoms with van der Waals surface area (Å²) in [7, 11) is 1.56. The molecule has 1 unspecified atom stereocenters. The van der Waals surface area contributed by atoms with Crippen molar-refractivity contribution in [3.05, 3.63) is 28.8 Å². The second-order valence-electron chi connectivity index (χ2n) is 7.72. The molecule has 0 N–H and O–H groups in total. The Morgan fingerprint density at radius 3 is 2.85 bits per heavy atom. The summed E-state index contributed by atoms with van der Waals surface area (Å²) < 4.78 is 17.0. The number of rotatable bonds is 7. The maximum atomic E-state index is 12.7. The van der Waals surface area contributed by atoms with E-state index in [-0.39, 0.29) is 11.5 Å². The normalized spacial score (nSPS) is 23.9. The van der Waals surface area contributed by atoms with Crippen molar-refractivity contribution in [3.63, 3.8) is 0 Å². The van der Waals surface area contributed by atoms with Crippen LogP contribution >= 0.6 is 11.6 Å². The molecule has 2 heterocycles. The largest absolute Gasteiger partial charge is 0.495 e. The van der Waals surface area contributed by atoms with Crippen molar-refractivity contribution in [2.75, 3.05) is 40.0 Å². The average molecular weight is 380 g/mol. The van der Waals surface area contributed by atoms with Gasteiger partial charge in [-0.25, -0.2) is 0 Å². The van der Waals surface area contributed by atoms with Crippen molar-refractivity contribution >= 4 is 17.5 Å². The smallest absolute Gasteiger partial charge is 0.254 e. The molecule has 142 valence electrons. The van der Waals surface area contributed by atoms with E-state index in [0.29, 0.717) is 35.3 Å². The average Bonchev–Trinajstić information content (AvgIpc) is 3.34. The Kier molecular flexibility index (Phi) is 5.13. The zero-order valence-electron chi connectivity index (χ0n) is 15.2. The predicted molar refractivity (Wildman–Crippen MR) is 98.9 cm³/mol. The maximum Gasteiger partial charge on any atom is 0.254 e. The molecule has 6 heteroatoms. The molecule has 1 saturated carbocycles. The summed E-state index contributed by atoms with van der Waals surface area (Å²) in [4.78, 5) is 14.6. The Labute approximate surface area is 159 Å². The Hall–Kier alpha value is -1.30. The van der Waals surface area contributed by atoms with Crippen LogP contribution in [0.4, 0.5) is 0 Å². The molecule has 3 fully saturated rings. The van der Waals surface area contributed by atoms with Crippen LogP contribution < -0.4 is 4.74 Å². The number of hydrogen-bond donors (Lipinski definition) is 0. The number of halogens is 1. The predicted octanol–water partition coefficient (Wildman–Crippen LogP) is 3.40. The summed E-state index contributed by atoms with van der Waals surface area (Å²) in [6, 6.07) is 5.17. The molecule has 5 nitrogen and oxygen atoms in total. The number of ether oxygens (including phenoxy) is 3. The van der Waals surface area contributed by atoms with Crippen molar-refractivity contribution in [1.82, 2.24) is 4.90 Å². The van der Waals surface area contributed by atoms with Crippen molar-refractivity contribution in [3.8, 4) is 5.75 Å². The van der Waals surface area contributed by atoms with Crippen LogP contribution in [0.5, 0.6) is 5.75 Å². The molecular formula is C20H26ClNO4. The van der Waals surface area contributed by atoms with Crippen molar-refractivity contribution < 1.29 is 19.0 Å². The first-order valence-corrected chi connectivity index (χ1v) is 9.83. The number of carbonyl (C=O) groups excluding carboxylic acids is 1. The zero-order valence-corrected chi connectivity index (χ0v) is 16.0. The van der Waals surface area contributed by atoms with E-state index in [9.17, 15) is 4.79 Å². The molecule has 2 saturated heterocycles. The number of benzene rings is 1. The highest BCUT2D eigenvalue weighted by atomic mass is 35.5. The number of amides is 1. The quantitative estimate of drug-likeness (QED) is 0.681. The van der Waals surface area contributed by atoms with Crippen LogP contribution in [0.15, 0.2) is 18.2 Å². The fraction of sp³-hybridized carbons (Fsp3) is 0.650. The Morgan fingerprint density at radius 1 is 1.35 bits per heavy atom. The minimum atomic E-state index is -0.172. The van der Waals surface area contributed by atoms with Gasteiger partial charge in [0.05, 0.1) is 25.2 Å². The SMILES string of the molecule is COc1ccc(C(=O)N2CC3(C2)OCCC3CCOCC2CC2)cc1Cl. The van der Waals surface area contributed by atoms with Gasteiger partial charge < -0.3 is 19.1 Å². The molecule has 1 amide bonds. The van der Waals surface area contributed by atoms with Gasteiger partial charge in [-0.3, -0.25) is 4.79 Å². The van der Waals surface area contributed by atoms with Gasteiger partial charge in [0.25, 0.3) is 5.91 Å². The van der Waals surface area contributed by atoms with Crippen molar-refractivity contribution in [1.29, 1.82) is 0 Å². The summed E-state index contributed by atoms with van der Waals surface area (Å²) in [5.74, 6) is 1.86. The molecule has 1 spiro atoms. The fourth-order valence-corrected chi connectivity index (χ4v) is 4.29. The Morgan fingerprint density at radius 2 is 2.15 bits per heavy atom. The van der Waals surface area contributed by atoms with Crippen LogP contribution in [0.3, 0.4) is 0 Å². The fourth-order valence-electron chi connectivity index (χ4n) is 4.03. The zero-order chi connectivity index (χ0) is 18.1. The number of carbonyl (C=O) groups is 1. The third-order valence-electron chi connectivity index (χ3n) is 5.86. The van der Waals surface area contributed by atoms with Crippen LogP contribution in [0.1, 0.15) is 36.0 Å². The Balaban J connectivity index is 1.31. The van der Waals surface area contributed by atoms with Gasteiger partial charge in [0.15, 0.2) is 0 Å². The van der Waals surface area contributed by atoms with E-state index in [2.05, 4.69) is 0 Å². The number of nitrogens with zero attached hydrogens (tertiary/aromatic N) is 1. The van der Waals surface area contributed by atoms with E-state index >= 15 is 0 Å². The first-order chi connectivity index (χ1) is 12.6. The number of methoxy groups -OCH3 is 1. The van der Waals surface area contributed by atoms with E-state index in [0.717, 1.165) is 38.6 Å². The molecule has 0 bridgehead atoms. The van der Waals surface area contributed by atoms with Crippen LogP contribution in [0, 0.1) is 11.8 Å². The first kappa shape index (κ1) is 18.1. The summed E-state index contributed by atoms with van der Waals surface area (Å²) >= 11 is 6.15. The van der Waals surface area contributed by atoms with E-state index in [1.165, 1.54) is 12.8 Å². The van der Waals surface area contributed by atoms with Gasteiger partial charge >= 0.3 is 0 Å². The van der Waals surface area contributed by atoms with Gasteiger partial charge in [-0.2, -0.15) is 0 Å². The lowest BCUT2D eigenvalue weighted by Gasteiger charge is -2.50. The third-order valence-corrected chi connectivity index (χ3v) is 6.16. The van der Waals surface area contributed by atoms with E-state index < -0.39 is 0 Å². The van der Waals surface area contributed by atoms with Gasteiger partial charge in [0, 0.05) is 25.4 Å². The molecule has 1 atom stereocenters.